The van der Waals surface area contributed by atoms with Crippen LogP contribution in [0.4, 0.5) is 0 Å². The fourth-order valence-electron chi connectivity index (χ4n) is 2.10. The predicted molar refractivity (Wildman–Crippen MR) is 83.0 cm³/mol. The lowest BCUT2D eigenvalue weighted by atomic mass is 10.1. The molecule has 5 heteroatoms. The molecule has 0 saturated carbocycles. The summed E-state index contributed by atoms with van der Waals surface area (Å²) in [7, 11) is 0. The average molecular weight is 304 g/mol. The zero-order valence-electron chi connectivity index (χ0n) is 12.4. The van der Waals surface area contributed by atoms with Crippen molar-refractivity contribution in [2.75, 3.05) is 6.61 Å². The lowest BCUT2D eigenvalue weighted by Crippen LogP contribution is -2.00. The smallest absolute Gasteiger partial charge is 0.150 e. The van der Waals surface area contributed by atoms with Crippen molar-refractivity contribution in [3.8, 4) is 17.5 Å². The fourth-order valence-corrected chi connectivity index (χ4v) is 2.39. The third-order valence-corrected chi connectivity index (χ3v) is 3.36. The van der Waals surface area contributed by atoms with Crippen LogP contribution in [0.25, 0.3) is 5.69 Å². The molecule has 0 spiro atoms. The quantitative estimate of drug-likeness (QED) is 0.839. The summed E-state index contributed by atoms with van der Waals surface area (Å²) >= 11 is 6.30. The predicted octanol–water partition coefficient (Wildman–Crippen LogP) is 3.99. The van der Waals surface area contributed by atoms with Crippen LogP contribution in [0.15, 0.2) is 24.3 Å². The van der Waals surface area contributed by atoms with E-state index in [9.17, 15) is 5.26 Å². The SMILES string of the molecule is CCOc1ccc(-n2nc(CC(C)C)c(C#N)c2Cl)cc1. The second kappa shape index (κ2) is 6.64. The van der Waals surface area contributed by atoms with Crippen molar-refractivity contribution in [2.45, 2.75) is 27.2 Å². The summed E-state index contributed by atoms with van der Waals surface area (Å²) < 4.78 is 7.02. The molecule has 0 radical (unpaired) electrons. The molecule has 110 valence electrons. The van der Waals surface area contributed by atoms with Gasteiger partial charge in [0.05, 0.1) is 18.0 Å². The molecular formula is C16H18ClN3O. The molecule has 1 aromatic carbocycles. The van der Waals surface area contributed by atoms with Gasteiger partial charge in [0.15, 0.2) is 5.15 Å². The van der Waals surface area contributed by atoms with Gasteiger partial charge in [-0.3, -0.25) is 0 Å². The molecule has 0 unspecified atom stereocenters. The standard InChI is InChI=1S/C16H18ClN3O/c1-4-21-13-7-5-12(6-8-13)20-16(17)14(10-18)15(19-20)9-11(2)3/h5-8,11H,4,9H2,1-3H3. The number of aromatic nitrogens is 2. The summed E-state index contributed by atoms with van der Waals surface area (Å²) in [6, 6.07) is 9.64. The van der Waals surface area contributed by atoms with Crippen molar-refractivity contribution in [1.29, 1.82) is 5.26 Å². The summed E-state index contributed by atoms with van der Waals surface area (Å²) in [5.74, 6) is 1.21. The van der Waals surface area contributed by atoms with Crippen LogP contribution < -0.4 is 4.74 Å². The third kappa shape index (κ3) is 3.37. The number of hydrogen-bond acceptors (Lipinski definition) is 3. The van der Waals surface area contributed by atoms with Gasteiger partial charge < -0.3 is 4.74 Å². The zero-order valence-corrected chi connectivity index (χ0v) is 13.2. The maximum atomic E-state index is 9.28. The Hall–Kier alpha value is -1.99. The van der Waals surface area contributed by atoms with Crippen LogP contribution in [-0.4, -0.2) is 16.4 Å². The van der Waals surface area contributed by atoms with Crippen LogP contribution >= 0.6 is 11.6 Å². The van der Waals surface area contributed by atoms with Crippen LogP contribution in [0.1, 0.15) is 32.0 Å². The summed E-state index contributed by atoms with van der Waals surface area (Å²) in [5.41, 5.74) is 2.01. The highest BCUT2D eigenvalue weighted by Gasteiger charge is 2.18. The van der Waals surface area contributed by atoms with Crippen LogP contribution in [-0.2, 0) is 6.42 Å². The Morgan fingerprint density at radius 2 is 2.00 bits per heavy atom. The zero-order chi connectivity index (χ0) is 15.4. The number of nitriles is 1. The normalized spacial score (nSPS) is 10.7. The van der Waals surface area contributed by atoms with E-state index in [1.807, 2.05) is 31.2 Å². The lowest BCUT2D eigenvalue weighted by molar-refractivity contribution is 0.340. The molecule has 4 nitrogen and oxygen atoms in total. The van der Waals surface area contributed by atoms with Gasteiger partial charge in [0.25, 0.3) is 0 Å². The van der Waals surface area contributed by atoms with Crippen LogP contribution in [0, 0.1) is 17.2 Å². The molecule has 0 amide bonds. The first-order chi connectivity index (χ1) is 10.1. The molecule has 0 bridgehead atoms. The molecule has 0 atom stereocenters. The Morgan fingerprint density at radius 3 is 2.52 bits per heavy atom. The number of hydrogen-bond donors (Lipinski definition) is 0. The summed E-state index contributed by atoms with van der Waals surface area (Å²) in [5, 5.41) is 14.1. The van der Waals surface area contributed by atoms with Gasteiger partial charge in [0, 0.05) is 0 Å². The van der Waals surface area contributed by atoms with Crippen LogP contribution in [0.2, 0.25) is 5.15 Å². The van der Waals surface area contributed by atoms with Crippen molar-refractivity contribution in [3.63, 3.8) is 0 Å². The first-order valence-corrected chi connectivity index (χ1v) is 7.35. The Labute approximate surface area is 129 Å². The topological polar surface area (TPSA) is 50.8 Å². The third-order valence-electron chi connectivity index (χ3n) is 3.01. The van der Waals surface area contributed by atoms with Gasteiger partial charge in [-0.25, -0.2) is 4.68 Å². The van der Waals surface area contributed by atoms with Gasteiger partial charge in [-0.2, -0.15) is 10.4 Å². The molecule has 2 rings (SSSR count). The first-order valence-electron chi connectivity index (χ1n) is 6.97. The van der Waals surface area contributed by atoms with E-state index in [4.69, 9.17) is 16.3 Å². The Balaban J connectivity index is 2.39. The minimum Gasteiger partial charge on any atom is -0.494 e. The van der Waals surface area contributed by atoms with E-state index < -0.39 is 0 Å². The average Bonchev–Trinajstić information content (AvgIpc) is 2.75. The molecule has 2 aromatic rings. The minimum absolute atomic E-state index is 0.359. The summed E-state index contributed by atoms with van der Waals surface area (Å²) in [6.07, 6.45) is 0.729. The molecule has 1 heterocycles. The highest BCUT2D eigenvalue weighted by atomic mass is 35.5. The summed E-state index contributed by atoms with van der Waals surface area (Å²) in [4.78, 5) is 0. The van der Waals surface area contributed by atoms with E-state index in [1.165, 1.54) is 0 Å². The highest BCUT2D eigenvalue weighted by Crippen LogP contribution is 2.25. The van der Waals surface area contributed by atoms with Crippen molar-refractivity contribution < 1.29 is 4.74 Å². The van der Waals surface area contributed by atoms with Gasteiger partial charge in [-0.15, -0.1) is 0 Å². The fraction of sp³-hybridized carbons (Fsp3) is 0.375. The number of benzene rings is 1. The number of halogens is 1. The second-order valence-electron chi connectivity index (χ2n) is 5.16. The van der Waals surface area contributed by atoms with E-state index in [0.717, 1.165) is 23.6 Å². The number of rotatable bonds is 5. The molecule has 0 aliphatic rings. The van der Waals surface area contributed by atoms with Gasteiger partial charge in [0.2, 0.25) is 0 Å². The van der Waals surface area contributed by atoms with Crippen molar-refractivity contribution in [2.24, 2.45) is 5.92 Å². The van der Waals surface area contributed by atoms with Gasteiger partial charge in [-0.05, 0) is 43.5 Å². The van der Waals surface area contributed by atoms with Crippen LogP contribution in [0.5, 0.6) is 5.75 Å². The van der Waals surface area contributed by atoms with E-state index in [-0.39, 0.29) is 0 Å². The monoisotopic (exact) mass is 303 g/mol. The van der Waals surface area contributed by atoms with E-state index >= 15 is 0 Å². The Kier molecular flexibility index (Phi) is 4.87. The van der Waals surface area contributed by atoms with Gasteiger partial charge in [0.1, 0.15) is 17.4 Å². The number of ether oxygens (including phenoxy) is 1. The summed E-state index contributed by atoms with van der Waals surface area (Å²) in [6.45, 7) is 6.74. The van der Waals surface area contributed by atoms with Gasteiger partial charge >= 0.3 is 0 Å². The van der Waals surface area contributed by atoms with Crippen molar-refractivity contribution in [3.05, 3.63) is 40.7 Å². The van der Waals surface area contributed by atoms with E-state index in [1.54, 1.807) is 4.68 Å². The maximum absolute atomic E-state index is 9.28. The Morgan fingerprint density at radius 1 is 1.33 bits per heavy atom. The first kappa shape index (κ1) is 15.4. The van der Waals surface area contributed by atoms with Crippen molar-refractivity contribution >= 4 is 11.6 Å². The second-order valence-corrected chi connectivity index (χ2v) is 5.52. The molecule has 0 N–H and O–H groups in total. The van der Waals surface area contributed by atoms with E-state index in [2.05, 4.69) is 25.0 Å². The van der Waals surface area contributed by atoms with Crippen molar-refractivity contribution in [1.82, 2.24) is 9.78 Å². The maximum Gasteiger partial charge on any atom is 0.150 e. The molecule has 21 heavy (non-hydrogen) atoms. The van der Waals surface area contributed by atoms with Gasteiger partial charge in [-0.1, -0.05) is 25.4 Å². The van der Waals surface area contributed by atoms with E-state index in [0.29, 0.717) is 23.2 Å². The largest absolute Gasteiger partial charge is 0.494 e. The minimum atomic E-state index is 0.359. The molecule has 0 aliphatic carbocycles. The molecule has 0 saturated heterocycles. The lowest BCUT2D eigenvalue weighted by Gasteiger charge is -2.06. The Bertz CT molecular complexity index is 653. The number of nitrogens with zero attached hydrogens (tertiary/aromatic N) is 3. The highest BCUT2D eigenvalue weighted by molar-refractivity contribution is 6.31. The molecule has 0 aliphatic heterocycles. The molecular weight excluding hydrogens is 286 g/mol. The van der Waals surface area contributed by atoms with Crippen LogP contribution in [0.3, 0.4) is 0 Å². The molecule has 1 aromatic heterocycles. The molecule has 0 fully saturated rings.